The minimum Gasteiger partial charge on any atom is -0.452 e. The zero-order valence-corrected chi connectivity index (χ0v) is 12.1. The second-order valence-electron chi connectivity index (χ2n) is 4.21. The number of nitrogens with one attached hydrogen (secondary N) is 1. The van der Waals surface area contributed by atoms with Crippen molar-refractivity contribution >= 4 is 18.0 Å². The molecule has 20 heavy (non-hydrogen) atoms. The summed E-state index contributed by atoms with van der Waals surface area (Å²) in [7, 11) is 1.28. The summed E-state index contributed by atoms with van der Waals surface area (Å²) in [6.07, 6.45) is 0.967. The second kappa shape index (κ2) is 8.16. The molecular formula is C14H21N3O3. The number of aryl methyl sites for hydroxylation is 1. The van der Waals surface area contributed by atoms with E-state index in [2.05, 4.69) is 20.2 Å². The van der Waals surface area contributed by atoms with Crippen LogP contribution in [0.25, 0.3) is 0 Å². The van der Waals surface area contributed by atoms with Crippen molar-refractivity contribution in [2.75, 3.05) is 31.7 Å². The van der Waals surface area contributed by atoms with Crippen LogP contribution >= 0.6 is 0 Å². The van der Waals surface area contributed by atoms with Crippen LogP contribution < -0.4 is 10.3 Å². The Hall–Kier alpha value is -2.08. The highest BCUT2D eigenvalue weighted by molar-refractivity contribution is 5.83. The van der Waals surface area contributed by atoms with E-state index in [1.54, 1.807) is 6.21 Å². The molecule has 0 bridgehead atoms. The molecule has 6 heteroatoms. The van der Waals surface area contributed by atoms with E-state index < -0.39 is 6.09 Å². The quantitative estimate of drug-likeness (QED) is 0.611. The first-order valence-corrected chi connectivity index (χ1v) is 6.45. The fourth-order valence-electron chi connectivity index (χ4n) is 1.79. The molecule has 0 atom stereocenters. The number of likely N-dealkylation sites (N-methyl/N-ethyl adjacent to an activating group) is 1. The van der Waals surface area contributed by atoms with Crippen LogP contribution in [0.4, 0.5) is 10.5 Å². The standard InChI is InChI=1S/C14H21N3O3/c1-4-17(7-8-18)13-6-5-12(11(2)9-13)10-15-16-14(19)20-3/h5-6,9-10,18H,4,7-8H2,1-3H3,(H,16,19)/b15-10-. The monoisotopic (exact) mass is 279 g/mol. The van der Waals surface area contributed by atoms with Gasteiger partial charge < -0.3 is 14.7 Å². The van der Waals surface area contributed by atoms with Gasteiger partial charge in [-0.15, -0.1) is 0 Å². The summed E-state index contributed by atoms with van der Waals surface area (Å²) in [5.41, 5.74) is 5.24. The highest BCUT2D eigenvalue weighted by Crippen LogP contribution is 2.18. The van der Waals surface area contributed by atoms with E-state index in [4.69, 9.17) is 5.11 Å². The van der Waals surface area contributed by atoms with E-state index in [1.807, 2.05) is 32.0 Å². The van der Waals surface area contributed by atoms with Gasteiger partial charge in [-0.25, -0.2) is 10.2 Å². The summed E-state index contributed by atoms with van der Waals surface area (Å²) in [4.78, 5) is 12.9. The molecule has 0 aliphatic carbocycles. The fourth-order valence-corrected chi connectivity index (χ4v) is 1.79. The largest absolute Gasteiger partial charge is 0.452 e. The number of hydrazone groups is 1. The Balaban J connectivity index is 2.79. The Morgan fingerprint density at radius 3 is 2.85 bits per heavy atom. The highest BCUT2D eigenvalue weighted by atomic mass is 16.5. The first-order chi connectivity index (χ1) is 9.62. The van der Waals surface area contributed by atoms with Gasteiger partial charge in [0.2, 0.25) is 0 Å². The molecule has 0 aliphatic heterocycles. The van der Waals surface area contributed by atoms with Gasteiger partial charge >= 0.3 is 6.09 Å². The maximum Gasteiger partial charge on any atom is 0.427 e. The Kier molecular flexibility index (Phi) is 6.52. The van der Waals surface area contributed by atoms with Gasteiger partial charge in [-0.3, -0.25) is 0 Å². The first kappa shape index (κ1) is 16.0. The Bertz CT molecular complexity index is 475. The fraction of sp³-hybridized carbons (Fsp3) is 0.429. The molecular weight excluding hydrogens is 258 g/mol. The predicted octanol–water partition coefficient (Wildman–Crippen LogP) is 1.50. The van der Waals surface area contributed by atoms with Crippen molar-refractivity contribution in [3.63, 3.8) is 0 Å². The average molecular weight is 279 g/mol. The molecule has 0 saturated carbocycles. The number of nitrogens with zero attached hydrogens (tertiary/aromatic N) is 2. The third kappa shape index (κ3) is 4.55. The molecule has 1 aromatic carbocycles. The summed E-state index contributed by atoms with van der Waals surface area (Å²) in [6.45, 7) is 5.57. The second-order valence-corrected chi connectivity index (χ2v) is 4.21. The van der Waals surface area contributed by atoms with Crippen LogP contribution in [0.2, 0.25) is 0 Å². The van der Waals surface area contributed by atoms with Crippen LogP contribution in [0, 0.1) is 6.92 Å². The number of hydrogen-bond acceptors (Lipinski definition) is 5. The van der Waals surface area contributed by atoms with Crippen molar-refractivity contribution in [1.29, 1.82) is 0 Å². The van der Waals surface area contributed by atoms with E-state index in [9.17, 15) is 4.79 Å². The van der Waals surface area contributed by atoms with E-state index in [-0.39, 0.29) is 6.61 Å². The number of carbonyl (C=O) groups is 1. The van der Waals surface area contributed by atoms with Crippen LogP contribution in [0.5, 0.6) is 0 Å². The number of amides is 1. The molecule has 2 N–H and O–H groups in total. The van der Waals surface area contributed by atoms with Crippen molar-refractivity contribution in [2.24, 2.45) is 5.10 Å². The number of rotatable bonds is 6. The normalized spacial score (nSPS) is 10.6. The summed E-state index contributed by atoms with van der Waals surface area (Å²) in [5.74, 6) is 0. The van der Waals surface area contributed by atoms with Gasteiger partial charge in [0.25, 0.3) is 0 Å². The van der Waals surface area contributed by atoms with Crippen LogP contribution in [0.3, 0.4) is 0 Å². The summed E-state index contributed by atoms with van der Waals surface area (Å²) < 4.78 is 4.42. The Morgan fingerprint density at radius 1 is 1.55 bits per heavy atom. The molecule has 1 rings (SSSR count). The lowest BCUT2D eigenvalue weighted by atomic mass is 10.1. The van der Waals surface area contributed by atoms with Gasteiger partial charge in [-0.2, -0.15) is 5.10 Å². The Morgan fingerprint density at radius 2 is 2.30 bits per heavy atom. The number of methoxy groups -OCH3 is 1. The molecule has 110 valence electrons. The number of anilines is 1. The van der Waals surface area contributed by atoms with Crippen molar-refractivity contribution in [2.45, 2.75) is 13.8 Å². The van der Waals surface area contributed by atoms with Crippen LogP contribution in [0.15, 0.2) is 23.3 Å². The third-order valence-corrected chi connectivity index (χ3v) is 2.92. The van der Waals surface area contributed by atoms with E-state index >= 15 is 0 Å². The number of hydrogen-bond donors (Lipinski definition) is 2. The molecule has 0 fully saturated rings. The molecule has 1 aromatic rings. The van der Waals surface area contributed by atoms with Crippen molar-refractivity contribution < 1.29 is 14.6 Å². The molecule has 0 heterocycles. The summed E-state index contributed by atoms with van der Waals surface area (Å²) in [5, 5.41) is 12.8. The maximum absolute atomic E-state index is 10.9. The topological polar surface area (TPSA) is 74.2 Å². The molecule has 0 spiro atoms. The average Bonchev–Trinajstić information content (AvgIpc) is 2.46. The van der Waals surface area contributed by atoms with Gasteiger partial charge in [0, 0.05) is 18.8 Å². The maximum atomic E-state index is 10.9. The highest BCUT2D eigenvalue weighted by Gasteiger charge is 2.05. The molecule has 0 aromatic heterocycles. The number of carbonyl (C=O) groups excluding carboxylic acids is 1. The van der Waals surface area contributed by atoms with Gasteiger partial charge in [0.05, 0.1) is 19.9 Å². The summed E-state index contributed by atoms with van der Waals surface area (Å²) >= 11 is 0. The lowest BCUT2D eigenvalue weighted by molar-refractivity contribution is 0.171. The first-order valence-electron chi connectivity index (χ1n) is 6.45. The number of aliphatic hydroxyl groups excluding tert-OH is 1. The smallest absolute Gasteiger partial charge is 0.427 e. The van der Waals surface area contributed by atoms with E-state index in [1.165, 1.54) is 7.11 Å². The molecule has 1 amide bonds. The van der Waals surface area contributed by atoms with Gasteiger partial charge in [0.15, 0.2) is 0 Å². The third-order valence-electron chi connectivity index (χ3n) is 2.92. The molecule has 0 radical (unpaired) electrons. The minimum absolute atomic E-state index is 0.124. The molecule has 0 unspecified atom stereocenters. The van der Waals surface area contributed by atoms with Gasteiger partial charge in [-0.1, -0.05) is 6.07 Å². The van der Waals surface area contributed by atoms with Crippen LogP contribution in [-0.4, -0.2) is 44.2 Å². The van der Waals surface area contributed by atoms with Crippen molar-refractivity contribution in [3.8, 4) is 0 Å². The van der Waals surface area contributed by atoms with Crippen molar-refractivity contribution in [1.82, 2.24) is 5.43 Å². The number of benzene rings is 1. The molecule has 6 nitrogen and oxygen atoms in total. The van der Waals surface area contributed by atoms with Crippen LogP contribution in [0.1, 0.15) is 18.1 Å². The van der Waals surface area contributed by atoms with Crippen molar-refractivity contribution in [3.05, 3.63) is 29.3 Å². The zero-order valence-electron chi connectivity index (χ0n) is 12.1. The van der Waals surface area contributed by atoms with E-state index in [0.29, 0.717) is 6.54 Å². The SMILES string of the molecule is CCN(CCO)c1ccc(/C=N\NC(=O)OC)c(C)c1. The number of aliphatic hydroxyl groups is 1. The lowest BCUT2D eigenvalue weighted by Crippen LogP contribution is -2.26. The molecule has 0 aliphatic rings. The summed E-state index contributed by atoms with van der Waals surface area (Å²) in [6, 6.07) is 5.91. The molecule has 0 saturated heterocycles. The van der Waals surface area contributed by atoms with Gasteiger partial charge in [-0.05, 0) is 37.1 Å². The number of ether oxygens (including phenoxy) is 1. The van der Waals surface area contributed by atoms with E-state index in [0.717, 1.165) is 23.4 Å². The Labute approximate surface area is 119 Å². The lowest BCUT2D eigenvalue weighted by Gasteiger charge is -2.22. The van der Waals surface area contributed by atoms with Gasteiger partial charge in [0.1, 0.15) is 0 Å². The minimum atomic E-state index is -0.601. The zero-order chi connectivity index (χ0) is 15.0. The van der Waals surface area contributed by atoms with Crippen LogP contribution in [-0.2, 0) is 4.74 Å². The predicted molar refractivity (Wildman–Crippen MR) is 79.3 cm³/mol.